The number of nitrogens with zero attached hydrogens (tertiary/aromatic N) is 4. The lowest BCUT2D eigenvalue weighted by Crippen LogP contribution is -2.32. The largest absolute Gasteiger partial charge is 0.366 e. The fourth-order valence-corrected chi connectivity index (χ4v) is 2.32. The summed E-state index contributed by atoms with van der Waals surface area (Å²) in [5.74, 6) is 0.612. The van der Waals surface area contributed by atoms with Crippen molar-refractivity contribution in [2.24, 2.45) is 0 Å². The van der Waals surface area contributed by atoms with Crippen LogP contribution < -0.4 is 5.32 Å². The van der Waals surface area contributed by atoms with Gasteiger partial charge in [-0.3, -0.25) is 0 Å². The molecule has 0 aromatic carbocycles. The van der Waals surface area contributed by atoms with Gasteiger partial charge in [-0.2, -0.15) is 10.4 Å². The van der Waals surface area contributed by atoms with Crippen molar-refractivity contribution in [1.82, 2.24) is 15.1 Å². The molecule has 5 nitrogen and oxygen atoms in total. The average molecular weight is 245 g/mol. The van der Waals surface area contributed by atoms with E-state index in [2.05, 4.69) is 33.5 Å². The zero-order valence-corrected chi connectivity index (χ0v) is 11.2. The number of likely N-dealkylation sites (tertiary alicyclic amines) is 1. The smallest absolute Gasteiger partial charge is 0.166 e. The summed E-state index contributed by atoms with van der Waals surface area (Å²) in [6.45, 7) is 5.76. The number of aryl methyl sites for hydroxylation is 1. The lowest BCUT2D eigenvalue weighted by molar-refractivity contribution is 0.322. The van der Waals surface area contributed by atoms with Crippen LogP contribution in [0.25, 0.3) is 0 Å². The molecule has 2 heterocycles. The minimum Gasteiger partial charge on any atom is -0.366 e. The molecule has 0 aliphatic carbocycles. The quantitative estimate of drug-likeness (QED) is 0.873. The minimum absolute atomic E-state index is 0.528. The van der Waals surface area contributed by atoms with E-state index in [9.17, 15) is 5.26 Å². The molecule has 0 spiro atoms. The van der Waals surface area contributed by atoms with E-state index in [0.717, 1.165) is 24.3 Å². The summed E-state index contributed by atoms with van der Waals surface area (Å²) in [5, 5.41) is 20.6. The summed E-state index contributed by atoms with van der Waals surface area (Å²) in [7, 11) is 2.14. The van der Waals surface area contributed by atoms with E-state index in [1.54, 1.807) is 0 Å². The molecule has 0 radical (unpaired) electrons. The van der Waals surface area contributed by atoms with E-state index < -0.39 is 0 Å². The van der Waals surface area contributed by atoms with Crippen molar-refractivity contribution in [1.29, 1.82) is 5.26 Å². The molecule has 1 unspecified atom stereocenters. The summed E-state index contributed by atoms with van der Waals surface area (Å²) in [5.41, 5.74) is 2.34. The predicted molar refractivity (Wildman–Crippen MR) is 70.4 cm³/mol. The first kappa shape index (κ1) is 12.8. The second kappa shape index (κ2) is 5.32. The molecule has 1 aromatic heterocycles. The Balaban J connectivity index is 2.10. The molecule has 0 saturated carbocycles. The normalized spacial score (nSPS) is 19.8. The molecule has 18 heavy (non-hydrogen) atoms. The highest BCUT2D eigenvalue weighted by molar-refractivity contribution is 5.55. The number of hydrogen-bond donors (Lipinski definition) is 1. The molecular formula is C13H19N5. The Bertz CT molecular complexity index is 477. The molecule has 96 valence electrons. The summed E-state index contributed by atoms with van der Waals surface area (Å²) < 4.78 is 0. The summed E-state index contributed by atoms with van der Waals surface area (Å²) >= 11 is 0. The topological polar surface area (TPSA) is 64.8 Å². The highest BCUT2D eigenvalue weighted by Gasteiger charge is 2.21. The number of hydrogen-bond acceptors (Lipinski definition) is 5. The van der Waals surface area contributed by atoms with Gasteiger partial charge in [-0.05, 0) is 45.8 Å². The fraction of sp³-hybridized carbons (Fsp3) is 0.615. The third-order valence-electron chi connectivity index (χ3n) is 3.74. The van der Waals surface area contributed by atoms with Gasteiger partial charge >= 0.3 is 0 Å². The van der Waals surface area contributed by atoms with Crippen LogP contribution in [0.1, 0.15) is 29.7 Å². The van der Waals surface area contributed by atoms with Crippen molar-refractivity contribution >= 4 is 5.82 Å². The molecule has 1 N–H and O–H groups in total. The van der Waals surface area contributed by atoms with Crippen LogP contribution in [-0.4, -0.2) is 41.3 Å². The standard InChI is InChI=1S/C13H19N5/c1-9-10(2)16-17-13(12(9)7-14)15-8-11-5-4-6-18(11)3/h11H,4-6,8H2,1-3H3,(H,15,17). The van der Waals surface area contributed by atoms with Crippen molar-refractivity contribution in [2.75, 3.05) is 25.5 Å². The molecule has 1 aromatic rings. The Morgan fingerprint density at radius 3 is 2.83 bits per heavy atom. The first-order valence-corrected chi connectivity index (χ1v) is 6.31. The molecular weight excluding hydrogens is 226 g/mol. The van der Waals surface area contributed by atoms with Crippen molar-refractivity contribution in [3.63, 3.8) is 0 Å². The Labute approximate surface area is 108 Å². The molecule has 0 bridgehead atoms. The molecule has 1 saturated heterocycles. The Morgan fingerprint density at radius 1 is 1.44 bits per heavy atom. The van der Waals surface area contributed by atoms with Gasteiger partial charge in [-0.15, -0.1) is 5.10 Å². The van der Waals surface area contributed by atoms with Gasteiger partial charge in [0.25, 0.3) is 0 Å². The lowest BCUT2D eigenvalue weighted by Gasteiger charge is -2.20. The Hall–Kier alpha value is -1.67. The Kier molecular flexibility index (Phi) is 3.78. The average Bonchev–Trinajstić information content (AvgIpc) is 2.76. The van der Waals surface area contributed by atoms with Crippen molar-refractivity contribution < 1.29 is 0 Å². The van der Waals surface area contributed by atoms with Crippen LogP contribution in [0.2, 0.25) is 0 Å². The van der Waals surface area contributed by atoms with Gasteiger partial charge in [0.1, 0.15) is 11.6 Å². The van der Waals surface area contributed by atoms with Crippen molar-refractivity contribution in [2.45, 2.75) is 32.7 Å². The maximum atomic E-state index is 9.20. The SMILES string of the molecule is Cc1nnc(NCC2CCCN2C)c(C#N)c1C. The first-order valence-electron chi connectivity index (χ1n) is 6.31. The number of nitrogens with one attached hydrogen (secondary N) is 1. The minimum atomic E-state index is 0.528. The van der Waals surface area contributed by atoms with Crippen LogP contribution in [-0.2, 0) is 0 Å². The number of anilines is 1. The number of likely N-dealkylation sites (N-methyl/N-ethyl adjacent to an activating group) is 1. The summed E-state index contributed by atoms with van der Waals surface area (Å²) in [6, 6.07) is 2.74. The molecule has 2 rings (SSSR count). The molecule has 1 aliphatic heterocycles. The van der Waals surface area contributed by atoms with Crippen LogP contribution >= 0.6 is 0 Å². The van der Waals surface area contributed by atoms with Crippen molar-refractivity contribution in [3.05, 3.63) is 16.8 Å². The van der Waals surface area contributed by atoms with Crippen LogP contribution in [0.3, 0.4) is 0 Å². The maximum absolute atomic E-state index is 9.20. The Morgan fingerprint density at radius 2 is 2.22 bits per heavy atom. The summed E-state index contributed by atoms with van der Waals surface area (Å²) in [6.07, 6.45) is 2.44. The van der Waals surface area contributed by atoms with Gasteiger partial charge in [-0.1, -0.05) is 0 Å². The van der Waals surface area contributed by atoms with Gasteiger partial charge in [0, 0.05) is 12.6 Å². The predicted octanol–water partition coefficient (Wildman–Crippen LogP) is 1.47. The van der Waals surface area contributed by atoms with E-state index in [1.807, 2.05) is 13.8 Å². The van der Waals surface area contributed by atoms with Crippen LogP contribution in [0.15, 0.2) is 0 Å². The van der Waals surface area contributed by atoms with Gasteiger partial charge in [0.2, 0.25) is 0 Å². The highest BCUT2D eigenvalue weighted by atomic mass is 15.2. The lowest BCUT2D eigenvalue weighted by atomic mass is 10.1. The van der Waals surface area contributed by atoms with Gasteiger partial charge < -0.3 is 10.2 Å². The van der Waals surface area contributed by atoms with E-state index >= 15 is 0 Å². The van der Waals surface area contributed by atoms with Crippen LogP contribution in [0, 0.1) is 25.2 Å². The third kappa shape index (κ3) is 2.44. The first-order chi connectivity index (χ1) is 8.63. The number of aromatic nitrogens is 2. The molecule has 1 fully saturated rings. The van der Waals surface area contributed by atoms with Gasteiger partial charge in [0.15, 0.2) is 5.82 Å². The second-order valence-electron chi connectivity index (χ2n) is 4.90. The summed E-state index contributed by atoms with van der Waals surface area (Å²) in [4.78, 5) is 2.34. The third-order valence-corrected chi connectivity index (χ3v) is 3.74. The van der Waals surface area contributed by atoms with Gasteiger partial charge in [0.05, 0.1) is 5.69 Å². The van der Waals surface area contributed by atoms with Crippen molar-refractivity contribution in [3.8, 4) is 6.07 Å². The van der Waals surface area contributed by atoms with E-state index in [0.29, 0.717) is 17.4 Å². The maximum Gasteiger partial charge on any atom is 0.166 e. The molecule has 1 aliphatic rings. The molecule has 5 heteroatoms. The van der Waals surface area contributed by atoms with E-state index in [4.69, 9.17) is 0 Å². The highest BCUT2D eigenvalue weighted by Crippen LogP contribution is 2.19. The second-order valence-corrected chi connectivity index (χ2v) is 4.90. The zero-order chi connectivity index (χ0) is 13.1. The fourth-order valence-electron chi connectivity index (χ4n) is 2.32. The number of rotatable bonds is 3. The van der Waals surface area contributed by atoms with E-state index in [1.165, 1.54) is 12.8 Å². The van der Waals surface area contributed by atoms with Gasteiger partial charge in [-0.25, -0.2) is 0 Å². The van der Waals surface area contributed by atoms with Crippen LogP contribution in [0.4, 0.5) is 5.82 Å². The van der Waals surface area contributed by atoms with Crippen LogP contribution in [0.5, 0.6) is 0 Å². The molecule has 1 atom stereocenters. The molecule has 0 amide bonds. The van der Waals surface area contributed by atoms with E-state index in [-0.39, 0.29) is 0 Å². The number of nitriles is 1. The monoisotopic (exact) mass is 245 g/mol. The zero-order valence-electron chi connectivity index (χ0n) is 11.2.